The van der Waals surface area contributed by atoms with Crippen molar-refractivity contribution < 1.29 is 14.7 Å². The highest BCUT2D eigenvalue weighted by Gasteiger charge is 2.27. The van der Waals surface area contributed by atoms with Gasteiger partial charge in [0, 0.05) is 23.2 Å². The minimum atomic E-state index is -0.943. The molecule has 1 heterocycles. The molecule has 6 heteroatoms. The molecule has 100 valence electrons. The number of halogens is 1. The lowest BCUT2D eigenvalue weighted by Gasteiger charge is -2.19. The van der Waals surface area contributed by atoms with Crippen molar-refractivity contribution in [1.82, 2.24) is 5.32 Å². The van der Waals surface area contributed by atoms with Crippen LogP contribution < -0.4 is 5.32 Å². The Bertz CT molecular complexity index is 442. The fourth-order valence-electron chi connectivity index (χ4n) is 1.21. The van der Waals surface area contributed by atoms with Gasteiger partial charge in [0.1, 0.15) is 0 Å². The molecule has 4 nitrogen and oxygen atoms in total. The van der Waals surface area contributed by atoms with Crippen molar-refractivity contribution in [1.29, 1.82) is 0 Å². The summed E-state index contributed by atoms with van der Waals surface area (Å²) >= 11 is 7.29. The van der Waals surface area contributed by atoms with Gasteiger partial charge >= 0.3 is 5.97 Å². The van der Waals surface area contributed by atoms with Crippen LogP contribution in [-0.2, 0) is 16.0 Å². The van der Waals surface area contributed by atoms with E-state index in [1.165, 1.54) is 11.3 Å². The minimum Gasteiger partial charge on any atom is -0.481 e. The first-order valence-corrected chi connectivity index (χ1v) is 6.80. The van der Waals surface area contributed by atoms with Gasteiger partial charge in [-0.15, -0.1) is 11.3 Å². The van der Waals surface area contributed by atoms with Crippen LogP contribution in [0.5, 0.6) is 0 Å². The van der Waals surface area contributed by atoms with Crippen molar-refractivity contribution in [3.05, 3.63) is 21.3 Å². The van der Waals surface area contributed by atoms with E-state index < -0.39 is 11.4 Å². The molecular weight excluding hydrogens is 274 g/mol. The zero-order chi connectivity index (χ0) is 13.8. The molecule has 0 aromatic carbocycles. The van der Waals surface area contributed by atoms with Crippen molar-refractivity contribution in [2.24, 2.45) is 5.41 Å². The topological polar surface area (TPSA) is 66.4 Å². The molecule has 0 spiro atoms. The summed E-state index contributed by atoms with van der Waals surface area (Å²) in [4.78, 5) is 23.5. The highest BCUT2D eigenvalue weighted by molar-refractivity contribution is 7.10. The third-order valence-corrected chi connectivity index (χ3v) is 3.87. The van der Waals surface area contributed by atoms with E-state index in [-0.39, 0.29) is 12.5 Å². The van der Waals surface area contributed by atoms with E-state index in [0.717, 1.165) is 4.88 Å². The minimum absolute atomic E-state index is 0.131. The van der Waals surface area contributed by atoms with E-state index in [4.69, 9.17) is 16.7 Å². The molecule has 0 saturated heterocycles. The van der Waals surface area contributed by atoms with Gasteiger partial charge in [-0.1, -0.05) is 11.6 Å². The maximum atomic E-state index is 11.6. The second kappa shape index (κ2) is 6.20. The fraction of sp³-hybridized carbons (Fsp3) is 0.500. The van der Waals surface area contributed by atoms with Crippen molar-refractivity contribution in [3.8, 4) is 0 Å². The number of aliphatic carboxylic acids is 1. The third-order valence-electron chi connectivity index (χ3n) is 2.53. The molecule has 1 amide bonds. The lowest BCUT2D eigenvalue weighted by Crippen LogP contribution is -2.38. The molecule has 18 heavy (non-hydrogen) atoms. The van der Waals surface area contributed by atoms with Gasteiger partial charge in [0.05, 0.1) is 10.4 Å². The predicted octanol–water partition coefficient (Wildman–Crippen LogP) is 2.56. The number of amides is 1. The maximum absolute atomic E-state index is 11.6. The summed E-state index contributed by atoms with van der Waals surface area (Å²) in [5, 5.41) is 14.0. The summed E-state index contributed by atoms with van der Waals surface area (Å²) in [6.07, 6.45) is 0.962. The number of carbonyl (C=O) groups excluding carboxylic acids is 1. The van der Waals surface area contributed by atoms with Crippen molar-refractivity contribution in [2.45, 2.75) is 26.7 Å². The summed E-state index contributed by atoms with van der Waals surface area (Å²) in [5.74, 6) is -1.07. The predicted molar refractivity (Wildman–Crippen MR) is 72.1 cm³/mol. The Hall–Kier alpha value is -1.07. The number of carbonyl (C=O) groups is 2. The van der Waals surface area contributed by atoms with E-state index in [9.17, 15) is 9.59 Å². The monoisotopic (exact) mass is 289 g/mol. The molecular formula is C12H16ClNO3S. The lowest BCUT2D eigenvalue weighted by molar-refractivity contribution is -0.146. The summed E-state index contributed by atoms with van der Waals surface area (Å²) in [6, 6.07) is 1.83. The van der Waals surface area contributed by atoms with Crippen LogP contribution in [0.15, 0.2) is 11.4 Å². The van der Waals surface area contributed by atoms with E-state index in [0.29, 0.717) is 17.9 Å². The number of thiophene rings is 1. The van der Waals surface area contributed by atoms with Crippen LogP contribution in [0.3, 0.4) is 0 Å². The van der Waals surface area contributed by atoms with Gasteiger partial charge in [-0.3, -0.25) is 9.59 Å². The molecule has 1 rings (SSSR count). The molecule has 0 saturated carbocycles. The molecule has 1 aromatic heterocycles. The van der Waals surface area contributed by atoms with E-state index in [1.54, 1.807) is 13.8 Å². The molecule has 0 fully saturated rings. The van der Waals surface area contributed by atoms with Crippen LogP contribution in [0.4, 0.5) is 0 Å². The molecule has 0 radical (unpaired) electrons. The first-order chi connectivity index (χ1) is 8.31. The van der Waals surface area contributed by atoms with E-state index in [1.807, 2.05) is 11.4 Å². The SMILES string of the molecule is CC(C)(CNC(=O)CCc1cc(Cl)cs1)C(=O)O. The van der Waals surface area contributed by atoms with E-state index >= 15 is 0 Å². The Kier molecular flexibility index (Phi) is 5.16. The van der Waals surface area contributed by atoms with E-state index in [2.05, 4.69) is 5.32 Å². The van der Waals surface area contributed by atoms with Gasteiger partial charge in [0.15, 0.2) is 0 Å². The molecule has 1 aromatic rings. The molecule has 0 atom stereocenters. The number of hydrogen-bond donors (Lipinski definition) is 2. The van der Waals surface area contributed by atoms with Gasteiger partial charge in [-0.05, 0) is 26.3 Å². The van der Waals surface area contributed by atoms with Crippen LogP contribution >= 0.6 is 22.9 Å². The first-order valence-electron chi connectivity index (χ1n) is 5.54. The molecule has 0 aliphatic rings. The van der Waals surface area contributed by atoms with Gasteiger partial charge < -0.3 is 10.4 Å². The fourth-order valence-corrected chi connectivity index (χ4v) is 2.28. The highest BCUT2D eigenvalue weighted by atomic mass is 35.5. The van der Waals surface area contributed by atoms with Crippen LogP contribution in [0.25, 0.3) is 0 Å². The Morgan fingerprint density at radius 2 is 2.17 bits per heavy atom. The third kappa shape index (κ3) is 4.66. The summed E-state index contributed by atoms with van der Waals surface area (Å²) in [5.41, 5.74) is -0.943. The van der Waals surface area contributed by atoms with Gasteiger partial charge in [0.25, 0.3) is 0 Å². The van der Waals surface area contributed by atoms with Crippen molar-refractivity contribution in [3.63, 3.8) is 0 Å². The Labute approximate surface area is 115 Å². The summed E-state index contributed by atoms with van der Waals surface area (Å²) in [7, 11) is 0. The second-order valence-corrected chi connectivity index (χ2v) is 6.13. The van der Waals surface area contributed by atoms with Crippen LogP contribution in [0, 0.1) is 5.41 Å². The Balaban J connectivity index is 2.32. The van der Waals surface area contributed by atoms with Crippen molar-refractivity contribution in [2.75, 3.05) is 6.54 Å². The summed E-state index contributed by atoms with van der Waals surface area (Å²) < 4.78 is 0. The number of hydrogen-bond acceptors (Lipinski definition) is 3. The average molecular weight is 290 g/mol. The van der Waals surface area contributed by atoms with Crippen LogP contribution in [0.2, 0.25) is 5.02 Å². The number of nitrogens with one attached hydrogen (secondary N) is 1. The molecule has 0 aliphatic carbocycles. The van der Waals surface area contributed by atoms with Gasteiger partial charge in [-0.2, -0.15) is 0 Å². The van der Waals surface area contributed by atoms with Crippen LogP contribution in [-0.4, -0.2) is 23.5 Å². The highest BCUT2D eigenvalue weighted by Crippen LogP contribution is 2.20. The smallest absolute Gasteiger partial charge is 0.310 e. The first kappa shape index (κ1) is 15.0. The zero-order valence-corrected chi connectivity index (χ0v) is 11.9. The van der Waals surface area contributed by atoms with Gasteiger partial charge in [-0.25, -0.2) is 0 Å². The number of rotatable bonds is 6. The molecule has 0 aliphatic heterocycles. The Morgan fingerprint density at radius 1 is 1.50 bits per heavy atom. The zero-order valence-electron chi connectivity index (χ0n) is 10.3. The summed E-state index contributed by atoms with van der Waals surface area (Å²) in [6.45, 7) is 3.29. The van der Waals surface area contributed by atoms with Crippen molar-refractivity contribution >= 4 is 34.8 Å². The normalized spacial score (nSPS) is 11.3. The van der Waals surface area contributed by atoms with Gasteiger partial charge in [0.2, 0.25) is 5.91 Å². The average Bonchev–Trinajstić information content (AvgIpc) is 2.69. The standard InChI is InChI=1S/C12H16ClNO3S/c1-12(2,11(16)17)7-14-10(15)4-3-9-5-8(13)6-18-9/h5-6H,3-4,7H2,1-2H3,(H,14,15)(H,16,17). The molecule has 2 N–H and O–H groups in total. The molecule has 0 bridgehead atoms. The number of carboxylic acid groups (broad SMARTS) is 1. The number of aryl methyl sites for hydroxylation is 1. The largest absolute Gasteiger partial charge is 0.481 e. The Morgan fingerprint density at radius 3 is 2.67 bits per heavy atom. The quantitative estimate of drug-likeness (QED) is 0.846. The maximum Gasteiger partial charge on any atom is 0.310 e. The lowest BCUT2D eigenvalue weighted by atomic mass is 9.94. The number of carboxylic acids is 1. The van der Waals surface area contributed by atoms with Crippen LogP contribution in [0.1, 0.15) is 25.1 Å². The second-order valence-electron chi connectivity index (χ2n) is 4.70. The molecule has 0 unspecified atom stereocenters.